The number of aliphatic hydroxyl groups excluding tert-OH is 3. The van der Waals surface area contributed by atoms with Gasteiger partial charge in [0.1, 0.15) is 30.1 Å². The van der Waals surface area contributed by atoms with E-state index in [4.69, 9.17) is 14.2 Å². The third-order valence-electron chi connectivity index (χ3n) is 6.07. The molecule has 0 spiro atoms. The lowest BCUT2D eigenvalue weighted by molar-refractivity contribution is -0.385. The molecule has 0 aliphatic carbocycles. The first-order chi connectivity index (χ1) is 17.3. The summed E-state index contributed by atoms with van der Waals surface area (Å²) in [6, 6.07) is 13.1. The van der Waals surface area contributed by atoms with Crippen LogP contribution in [0.5, 0.6) is 5.75 Å². The lowest BCUT2D eigenvalue weighted by Crippen LogP contribution is -2.69. The summed E-state index contributed by atoms with van der Waals surface area (Å²) in [5.41, 5.74) is 3.29. The van der Waals surface area contributed by atoms with Crippen LogP contribution >= 0.6 is 0 Å². The van der Waals surface area contributed by atoms with Gasteiger partial charge in [-0.3, -0.25) is 0 Å². The molecule has 0 amide bonds. The molecule has 0 radical (unpaired) electrons. The molecule has 11 heteroatoms. The lowest BCUT2D eigenvalue weighted by atomic mass is 9.96. The first kappa shape index (κ1) is 25.9. The van der Waals surface area contributed by atoms with Crippen LogP contribution in [0.2, 0.25) is 0 Å². The van der Waals surface area contributed by atoms with Crippen LogP contribution in [-0.4, -0.2) is 79.7 Å². The molecule has 36 heavy (non-hydrogen) atoms. The van der Waals surface area contributed by atoms with E-state index in [1.54, 1.807) is 31.5 Å². The van der Waals surface area contributed by atoms with Crippen LogP contribution < -0.4 is 4.74 Å². The van der Waals surface area contributed by atoms with Crippen molar-refractivity contribution in [3.8, 4) is 5.75 Å². The molecule has 0 bridgehead atoms. The van der Waals surface area contributed by atoms with Crippen molar-refractivity contribution in [3.05, 3.63) is 59.9 Å². The van der Waals surface area contributed by atoms with Crippen molar-refractivity contribution in [3.63, 3.8) is 0 Å². The minimum atomic E-state index is -2.73. The average Bonchev–Trinajstić information content (AvgIpc) is 3.29. The summed E-state index contributed by atoms with van der Waals surface area (Å²) in [4.78, 5) is 15.8. The molecule has 0 unspecified atom stereocenters. The van der Waals surface area contributed by atoms with E-state index in [9.17, 15) is 25.2 Å². The van der Waals surface area contributed by atoms with Crippen molar-refractivity contribution in [2.24, 2.45) is 0 Å². The van der Waals surface area contributed by atoms with Gasteiger partial charge in [-0.2, -0.15) is 0 Å². The van der Waals surface area contributed by atoms with Crippen LogP contribution in [-0.2, 0) is 27.2 Å². The summed E-state index contributed by atoms with van der Waals surface area (Å²) in [6.45, 7) is 3.68. The minimum Gasteiger partial charge on any atom is -0.452 e. The Labute approximate surface area is 207 Å². The molecule has 5 atom stereocenters. The Morgan fingerprint density at radius 3 is 2.50 bits per heavy atom. The number of aliphatic hydroxyl groups is 4. The summed E-state index contributed by atoms with van der Waals surface area (Å²) in [7, 11) is 0. The van der Waals surface area contributed by atoms with Gasteiger partial charge in [0.25, 0.3) is 5.79 Å². The first-order valence-corrected chi connectivity index (χ1v) is 11.7. The molecule has 11 nitrogen and oxygen atoms in total. The number of ether oxygens (including phenoxy) is 4. The Hall–Kier alpha value is -3.22. The van der Waals surface area contributed by atoms with Crippen LogP contribution in [0.15, 0.2) is 48.8 Å². The molecule has 1 aromatic heterocycles. The molecule has 2 aromatic carbocycles. The summed E-state index contributed by atoms with van der Waals surface area (Å²) in [5, 5.41) is 42.8. The van der Waals surface area contributed by atoms with Crippen LogP contribution in [0.1, 0.15) is 25.0 Å². The van der Waals surface area contributed by atoms with Gasteiger partial charge in [-0.05, 0) is 36.6 Å². The zero-order valence-corrected chi connectivity index (χ0v) is 20.0. The molecule has 4 rings (SSSR count). The molecular weight excluding hydrogens is 472 g/mol. The zero-order chi connectivity index (χ0) is 25.9. The SMILES string of the molecule is CCOC(=O)OC[C@H]1O[C@H](O)[C@@](O)(Oc2cccc3ncn(Cc4ccc(CC)cc4)c23)[C@@H](O)[C@@H]1O. The van der Waals surface area contributed by atoms with E-state index < -0.39 is 43.2 Å². The smallest absolute Gasteiger partial charge is 0.452 e. The number of hydrogen-bond donors (Lipinski definition) is 4. The van der Waals surface area contributed by atoms with Gasteiger partial charge in [0.2, 0.25) is 6.29 Å². The van der Waals surface area contributed by atoms with E-state index in [0.29, 0.717) is 17.6 Å². The van der Waals surface area contributed by atoms with Crippen molar-refractivity contribution >= 4 is 17.2 Å². The van der Waals surface area contributed by atoms with E-state index in [0.717, 1.165) is 12.0 Å². The van der Waals surface area contributed by atoms with Crippen LogP contribution in [0.25, 0.3) is 11.0 Å². The monoisotopic (exact) mass is 502 g/mol. The lowest BCUT2D eigenvalue weighted by Gasteiger charge is -2.45. The van der Waals surface area contributed by atoms with Crippen molar-refractivity contribution in [1.29, 1.82) is 0 Å². The fourth-order valence-corrected chi connectivity index (χ4v) is 4.04. The normalized spacial score (nSPS) is 26.1. The fraction of sp³-hybridized carbons (Fsp3) is 0.440. The number of hydrogen-bond acceptors (Lipinski definition) is 10. The second kappa shape index (κ2) is 10.8. The van der Waals surface area contributed by atoms with Gasteiger partial charge in [-0.15, -0.1) is 0 Å². The Kier molecular flexibility index (Phi) is 7.76. The maximum absolute atomic E-state index is 11.4. The van der Waals surface area contributed by atoms with Crippen molar-refractivity contribution in [2.75, 3.05) is 13.2 Å². The third kappa shape index (κ3) is 5.15. The van der Waals surface area contributed by atoms with E-state index in [1.807, 2.05) is 28.8 Å². The standard InChI is InChI=1S/C25H30N2O9/c1-3-15-8-10-16(11-9-15)12-27-14-26-17-6-5-7-18(20(17)27)36-25(32)22(29)21(28)19(35-23(25)30)13-34-24(31)33-4-2/h5-11,14,19,21-23,28-30,32H,3-4,12-13H2,1-2H3/t19-,21-,22+,23+,25+/m1/s1. The molecule has 1 fully saturated rings. The number of carbonyl (C=O) groups excluding carboxylic acids is 1. The Balaban J connectivity index is 1.56. The van der Waals surface area contributed by atoms with Gasteiger partial charge in [0.15, 0.2) is 6.10 Å². The van der Waals surface area contributed by atoms with Gasteiger partial charge in [-0.1, -0.05) is 37.3 Å². The van der Waals surface area contributed by atoms with Gasteiger partial charge >= 0.3 is 6.16 Å². The molecule has 3 aromatic rings. The third-order valence-corrected chi connectivity index (χ3v) is 6.07. The Morgan fingerprint density at radius 2 is 1.81 bits per heavy atom. The maximum atomic E-state index is 11.4. The number of aromatic nitrogens is 2. The van der Waals surface area contributed by atoms with Gasteiger partial charge in [0.05, 0.1) is 18.5 Å². The van der Waals surface area contributed by atoms with Crippen molar-refractivity contribution in [1.82, 2.24) is 9.55 Å². The fourth-order valence-electron chi connectivity index (χ4n) is 4.04. The highest BCUT2D eigenvalue weighted by atomic mass is 16.7. The van der Waals surface area contributed by atoms with Crippen molar-refractivity contribution in [2.45, 2.75) is 57.2 Å². The summed E-state index contributed by atoms with van der Waals surface area (Å²) < 4.78 is 22.2. The quantitative estimate of drug-likeness (QED) is 0.262. The minimum absolute atomic E-state index is 0.0813. The highest BCUT2D eigenvalue weighted by Gasteiger charge is 2.57. The highest BCUT2D eigenvalue weighted by Crippen LogP contribution is 2.35. The van der Waals surface area contributed by atoms with Crippen molar-refractivity contribution < 1.29 is 44.2 Å². The predicted molar refractivity (Wildman–Crippen MR) is 126 cm³/mol. The molecule has 4 N–H and O–H groups in total. The number of fused-ring (bicyclic) bond motifs is 1. The molecule has 1 aliphatic heterocycles. The summed E-state index contributed by atoms with van der Waals surface area (Å²) in [5.74, 6) is -2.63. The Bertz CT molecular complexity index is 1180. The van der Waals surface area contributed by atoms with E-state index >= 15 is 0 Å². The number of aryl methyl sites for hydroxylation is 1. The molecule has 1 saturated heterocycles. The van der Waals surface area contributed by atoms with Gasteiger partial charge in [0, 0.05) is 6.54 Å². The molecule has 0 saturated carbocycles. The number of benzene rings is 2. The van der Waals surface area contributed by atoms with Gasteiger partial charge < -0.3 is 43.9 Å². The number of para-hydroxylation sites is 1. The first-order valence-electron chi connectivity index (χ1n) is 11.7. The molecular formula is C25H30N2O9. The second-order valence-corrected chi connectivity index (χ2v) is 8.48. The Morgan fingerprint density at radius 1 is 1.08 bits per heavy atom. The number of nitrogens with zero attached hydrogens (tertiary/aromatic N) is 2. The molecule has 1 aliphatic rings. The second-order valence-electron chi connectivity index (χ2n) is 8.48. The number of carbonyl (C=O) groups is 1. The van der Waals surface area contributed by atoms with E-state index in [2.05, 4.69) is 16.6 Å². The average molecular weight is 503 g/mol. The van der Waals surface area contributed by atoms with Crippen LogP contribution in [0.3, 0.4) is 0 Å². The molecule has 194 valence electrons. The van der Waals surface area contributed by atoms with Crippen LogP contribution in [0, 0.1) is 0 Å². The van der Waals surface area contributed by atoms with Gasteiger partial charge in [-0.25, -0.2) is 9.78 Å². The largest absolute Gasteiger partial charge is 0.508 e. The number of rotatable bonds is 8. The molecule has 2 heterocycles. The number of imidazole rings is 1. The predicted octanol–water partition coefficient (Wildman–Crippen LogP) is 1.33. The van der Waals surface area contributed by atoms with Crippen LogP contribution in [0.4, 0.5) is 4.79 Å². The van der Waals surface area contributed by atoms with E-state index in [-0.39, 0.29) is 12.4 Å². The summed E-state index contributed by atoms with van der Waals surface area (Å²) >= 11 is 0. The summed E-state index contributed by atoms with van der Waals surface area (Å²) in [6.07, 6.45) is -5.63. The van der Waals surface area contributed by atoms with E-state index in [1.165, 1.54) is 5.56 Å². The maximum Gasteiger partial charge on any atom is 0.508 e. The zero-order valence-electron chi connectivity index (χ0n) is 20.0. The topological polar surface area (TPSA) is 153 Å². The highest BCUT2D eigenvalue weighted by molar-refractivity contribution is 5.82.